The van der Waals surface area contributed by atoms with Crippen molar-refractivity contribution in [3.05, 3.63) is 35.9 Å². The van der Waals surface area contributed by atoms with E-state index < -0.39 is 17.8 Å². The highest BCUT2D eigenvalue weighted by atomic mass is 19.3. The van der Waals surface area contributed by atoms with E-state index in [9.17, 15) is 13.6 Å². The van der Waals surface area contributed by atoms with Gasteiger partial charge in [-0.3, -0.25) is 4.79 Å². The number of fused-ring (bicyclic) bond motifs is 2. The van der Waals surface area contributed by atoms with Crippen molar-refractivity contribution >= 4 is 5.91 Å². The van der Waals surface area contributed by atoms with Crippen LogP contribution in [-0.4, -0.2) is 29.8 Å². The number of halogens is 2. The first-order valence-corrected chi connectivity index (χ1v) is 6.77. The number of piperidine rings is 1. The Hall–Kier alpha value is -1.45. The maximum Gasteiger partial charge on any atom is 0.257 e. The fourth-order valence-electron chi connectivity index (χ4n) is 3.24. The number of nitrogens with zero attached hydrogens (tertiary/aromatic N) is 1. The largest absolute Gasteiger partial charge is 0.341 e. The number of amides is 1. The van der Waals surface area contributed by atoms with Crippen LogP contribution >= 0.6 is 0 Å². The number of rotatable bonds is 2. The lowest BCUT2D eigenvalue weighted by Gasteiger charge is -2.37. The Morgan fingerprint density at radius 1 is 1.16 bits per heavy atom. The molecule has 0 aromatic heterocycles. The number of likely N-dealkylation sites (tertiary alicyclic amines) is 1. The molecule has 3 rings (SSSR count). The molecule has 0 radical (unpaired) electrons. The van der Waals surface area contributed by atoms with E-state index in [1.54, 1.807) is 4.90 Å². The van der Waals surface area contributed by atoms with E-state index in [0.717, 1.165) is 5.56 Å². The third kappa shape index (κ3) is 2.24. The second-order valence-electron chi connectivity index (χ2n) is 5.61. The van der Waals surface area contributed by atoms with Crippen LogP contribution < -0.4 is 0 Å². The van der Waals surface area contributed by atoms with Gasteiger partial charge < -0.3 is 4.90 Å². The van der Waals surface area contributed by atoms with E-state index in [1.807, 2.05) is 30.3 Å². The van der Waals surface area contributed by atoms with Crippen molar-refractivity contribution < 1.29 is 13.6 Å². The first kappa shape index (κ1) is 12.6. The van der Waals surface area contributed by atoms with E-state index >= 15 is 0 Å². The molecule has 2 nitrogen and oxygen atoms in total. The van der Waals surface area contributed by atoms with Gasteiger partial charge in [-0.15, -0.1) is 0 Å². The van der Waals surface area contributed by atoms with Crippen LogP contribution in [0.5, 0.6) is 0 Å². The summed E-state index contributed by atoms with van der Waals surface area (Å²) in [5.74, 6) is -3.86. The standard InChI is InChI=1S/C15H17F2NO/c16-15(17)12-6-7-13(15)10-18(9-12)14(19)8-11-4-2-1-3-5-11/h1-5,12-13H,6-10H2. The third-order valence-electron chi connectivity index (χ3n) is 4.38. The number of carbonyl (C=O) groups excluding carboxylic acids is 1. The zero-order valence-corrected chi connectivity index (χ0v) is 10.7. The molecule has 102 valence electrons. The van der Waals surface area contributed by atoms with E-state index in [1.165, 1.54) is 0 Å². The number of hydrogen-bond donors (Lipinski definition) is 0. The second kappa shape index (κ2) is 4.58. The first-order valence-electron chi connectivity index (χ1n) is 6.77. The molecule has 2 unspecified atom stereocenters. The summed E-state index contributed by atoms with van der Waals surface area (Å²) >= 11 is 0. The maximum absolute atomic E-state index is 13.8. The summed E-state index contributed by atoms with van der Waals surface area (Å²) in [6.07, 6.45) is 1.41. The maximum atomic E-state index is 13.8. The Balaban J connectivity index is 1.67. The topological polar surface area (TPSA) is 20.3 Å². The predicted molar refractivity (Wildman–Crippen MR) is 67.9 cm³/mol. The van der Waals surface area contributed by atoms with Crippen LogP contribution in [0, 0.1) is 11.8 Å². The summed E-state index contributed by atoms with van der Waals surface area (Å²) in [5, 5.41) is 0. The van der Waals surface area contributed by atoms with Gasteiger partial charge in [0, 0.05) is 24.9 Å². The van der Waals surface area contributed by atoms with Crippen LogP contribution in [0.3, 0.4) is 0 Å². The van der Waals surface area contributed by atoms with Gasteiger partial charge in [0.1, 0.15) is 0 Å². The second-order valence-corrected chi connectivity index (χ2v) is 5.61. The molecule has 2 bridgehead atoms. The molecule has 19 heavy (non-hydrogen) atoms. The summed E-state index contributed by atoms with van der Waals surface area (Å²) in [6, 6.07) is 9.46. The minimum absolute atomic E-state index is 0.0291. The Bertz CT molecular complexity index is 458. The molecule has 2 atom stereocenters. The van der Waals surface area contributed by atoms with Crippen molar-refractivity contribution in [2.45, 2.75) is 25.2 Å². The predicted octanol–water partition coefficient (Wildman–Crippen LogP) is 2.73. The molecule has 2 aliphatic rings. The van der Waals surface area contributed by atoms with Gasteiger partial charge in [0.25, 0.3) is 5.92 Å². The summed E-state index contributed by atoms with van der Waals surface area (Å²) in [7, 11) is 0. The van der Waals surface area contributed by atoms with Crippen LogP contribution in [0.15, 0.2) is 30.3 Å². The van der Waals surface area contributed by atoms with Crippen LogP contribution in [0.1, 0.15) is 18.4 Å². The summed E-state index contributed by atoms with van der Waals surface area (Å²) in [4.78, 5) is 13.8. The van der Waals surface area contributed by atoms with Crippen LogP contribution in [0.25, 0.3) is 0 Å². The molecule has 0 spiro atoms. The first-order chi connectivity index (χ1) is 9.07. The molecule has 2 fully saturated rings. The molecule has 1 aromatic carbocycles. The molecule has 1 aliphatic carbocycles. The Kier molecular flexibility index (Phi) is 3.03. The van der Waals surface area contributed by atoms with Crippen molar-refractivity contribution in [1.29, 1.82) is 0 Å². The molecule has 1 amide bonds. The molecule has 4 heteroatoms. The zero-order valence-electron chi connectivity index (χ0n) is 10.7. The summed E-state index contributed by atoms with van der Waals surface area (Å²) in [5.41, 5.74) is 0.942. The number of carbonyl (C=O) groups is 1. The van der Waals surface area contributed by atoms with Crippen molar-refractivity contribution in [3.8, 4) is 0 Å². The zero-order chi connectivity index (χ0) is 13.5. The Labute approximate surface area is 111 Å². The average molecular weight is 265 g/mol. The van der Waals surface area contributed by atoms with Crippen molar-refractivity contribution in [2.24, 2.45) is 11.8 Å². The molecular weight excluding hydrogens is 248 g/mol. The highest BCUT2D eigenvalue weighted by Crippen LogP contribution is 2.48. The van der Waals surface area contributed by atoms with Crippen LogP contribution in [0.2, 0.25) is 0 Å². The van der Waals surface area contributed by atoms with Crippen molar-refractivity contribution in [3.63, 3.8) is 0 Å². The molecule has 1 heterocycles. The Morgan fingerprint density at radius 2 is 1.74 bits per heavy atom. The van der Waals surface area contributed by atoms with E-state index in [-0.39, 0.29) is 19.0 Å². The monoisotopic (exact) mass is 265 g/mol. The minimum atomic E-state index is -2.57. The van der Waals surface area contributed by atoms with Crippen LogP contribution in [-0.2, 0) is 11.2 Å². The van der Waals surface area contributed by atoms with Gasteiger partial charge in [0.2, 0.25) is 5.91 Å². The van der Waals surface area contributed by atoms with Gasteiger partial charge in [0.05, 0.1) is 6.42 Å². The highest BCUT2D eigenvalue weighted by molar-refractivity contribution is 5.79. The van der Waals surface area contributed by atoms with E-state index in [4.69, 9.17) is 0 Å². The lowest BCUT2D eigenvalue weighted by molar-refractivity contribution is -0.148. The molecule has 1 saturated heterocycles. The highest BCUT2D eigenvalue weighted by Gasteiger charge is 2.56. The van der Waals surface area contributed by atoms with Crippen molar-refractivity contribution in [1.82, 2.24) is 4.90 Å². The SMILES string of the molecule is O=C(Cc1ccccc1)N1CC2CCC(C1)C2(F)F. The minimum Gasteiger partial charge on any atom is -0.341 e. The average Bonchev–Trinajstić information content (AvgIpc) is 2.59. The normalized spacial score (nSPS) is 28.4. The lowest BCUT2D eigenvalue weighted by atomic mass is 9.93. The fourth-order valence-corrected chi connectivity index (χ4v) is 3.24. The van der Waals surface area contributed by atoms with Gasteiger partial charge in [-0.1, -0.05) is 30.3 Å². The Morgan fingerprint density at radius 3 is 2.32 bits per heavy atom. The van der Waals surface area contributed by atoms with Crippen molar-refractivity contribution in [2.75, 3.05) is 13.1 Å². The number of benzene rings is 1. The quantitative estimate of drug-likeness (QED) is 0.805. The molecular formula is C15H17F2NO. The smallest absolute Gasteiger partial charge is 0.257 e. The molecule has 1 saturated carbocycles. The molecule has 1 aromatic rings. The molecule has 1 aliphatic heterocycles. The van der Waals surface area contributed by atoms with Gasteiger partial charge in [-0.05, 0) is 18.4 Å². The fraction of sp³-hybridized carbons (Fsp3) is 0.533. The molecule has 0 N–H and O–H groups in total. The van der Waals surface area contributed by atoms with E-state index in [0.29, 0.717) is 19.3 Å². The van der Waals surface area contributed by atoms with Gasteiger partial charge >= 0.3 is 0 Å². The third-order valence-corrected chi connectivity index (χ3v) is 4.38. The number of alkyl halides is 2. The number of hydrogen-bond acceptors (Lipinski definition) is 1. The van der Waals surface area contributed by atoms with Gasteiger partial charge in [-0.25, -0.2) is 8.78 Å². The van der Waals surface area contributed by atoms with Crippen LogP contribution in [0.4, 0.5) is 8.78 Å². The summed E-state index contributed by atoms with van der Waals surface area (Å²) < 4.78 is 27.6. The lowest BCUT2D eigenvalue weighted by Crippen LogP contribution is -2.51. The summed E-state index contributed by atoms with van der Waals surface area (Å²) in [6.45, 7) is 0.435. The van der Waals surface area contributed by atoms with E-state index in [2.05, 4.69) is 0 Å². The van der Waals surface area contributed by atoms with Gasteiger partial charge in [-0.2, -0.15) is 0 Å². The van der Waals surface area contributed by atoms with Gasteiger partial charge in [0.15, 0.2) is 0 Å².